The number of aromatic nitrogens is 1. The maximum Gasteiger partial charge on any atom is 0.328 e. The molecule has 0 saturated carbocycles. The Morgan fingerprint density at radius 1 is 1.38 bits per heavy atom. The zero-order valence-electron chi connectivity index (χ0n) is 10.4. The van der Waals surface area contributed by atoms with Crippen LogP contribution in [0.15, 0.2) is 24.5 Å². The fourth-order valence-corrected chi connectivity index (χ4v) is 1.22. The van der Waals surface area contributed by atoms with Crippen molar-refractivity contribution in [2.75, 3.05) is 6.54 Å². The van der Waals surface area contributed by atoms with Gasteiger partial charge in [0.25, 0.3) is 5.91 Å². The van der Waals surface area contributed by atoms with E-state index >= 15 is 0 Å². The molecule has 1 amide bonds. The first-order valence-corrected chi connectivity index (χ1v) is 5.52. The molecule has 0 saturated heterocycles. The summed E-state index contributed by atoms with van der Waals surface area (Å²) >= 11 is 0. The molecule has 1 heterocycles. The maximum atomic E-state index is 12.7. The number of halogens is 4. The highest BCUT2D eigenvalue weighted by Gasteiger charge is 2.40. The van der Waals surface area contributed by atoms with Crippen molar-refractivity contribution in [3.63, 3.8) is 0 Å². The molecule has 9 heteroatoms. The molecule has 1 rings (SSSR count). The summed E-state index contributed by atoms with van der Waals surface area (Å²) in [5.74, 6) is -6.57. The Morgan fingerprint density at radius 3 is 2.62 bits per heavy atom. The van der Waals surface area contributed by atoms with Gasteiger partial charge in [-0.1, -0.05) is 0 Å². The van der Waals surface area contributed by atoms with Crippen molar-refractivity contribution in [3.8, 4) is 0 Å². The molecule has 1 aromatic rings. The van der Waals surface area contributed by atoms with E-state index in [0.717, 1.165) is 18.3 Å². The number of nitrogens with one attached hydrogen (secondary N) is 1. The maximum absolute atomic E-state index is 12.7. The van der Waals surface area contributed by atoms with Gasteiger partial charge in [0.15, 0.2) is 0 Å². The van der Waals surface area contributed by atoms with Gasteiger partial charge in [-0.25, -0.2) is 13.6 Å². The van der Waals surface area contributed by atoms with Crippen LogP contribution in [0.1, 0.15) is 15.9 Å². The molecule has 2 N–H and O–H groups in total. The van der Waals surface area contributed by atoms with E-state index in [-0.39, 0.29) is 11.1 Å². The van der Waals surface area contributed by atoms with Gasteiger partial charge in [0.2, 0.25) is 0 Å². The Kier molecular flexibility index (Phi) is 5.39. The lowest BCUT2D eigenvalue weighted by molar-refractivity contribution is -0.131. The highest BCUT2D eigenvalue weighted by atomic mass is 19.3. The quantitative estimate of drug-likeness (QED) is 0.620. The van der Waals surface area contributed by atoms with Crippen LogP contribution in [0.25, 0.3) is 6.08 Å². The van der Waals surface area contributed by atoms with E-state index in [1.807, 2.05) is 0 Å². The van der Waals surface area contributed by atoms with Crippen LogP contribution < -0.4 is 5.32 Å². The van der Waals surface area contributed by atoms with Gasteiger partial charge in [0.05, 0.1) is 12.1 Å². The molecule has 0 unspecified atom stereocenters. The SMILES string of the molecule is O=C(O)/C=C/c1cncc(C(=O)NCC(F)(F)C(F)F)c1. The normalized spacial score (nSPS) is 11.9. The Balaban J connectivity index is 2.75. The van der Waals surface area contributed by atoms with Gasteiger partial charge in [0.1, 0.15) is 0 Å². The van der Waals surface area contributed by atoms with Gasteiger partial charge in [-0.05, 0) is 17.7 Å². The molecule has 0 spiro atoms. The van der Waals surface area contributed by atoms with Gasteiger partial charge in [-0.15, -0.1) is 0 Å². The molecule has 1 aromatic heterocycles. The number of carboxylic acids is 1. The number of aliphatic carboxylic acids is 1. The van der Waals surface area contributed by atoms with E-state index in [0.29, 0.717) is 0 Å². The second-order valence-electron chi connectivity index (χ2n) is 3.92. The molecule has 0 bridgehead atoms. The predicted octanol–water partition coefficient (Wildman–Crippen LogP) is 1.81. The van der Waals surface area contributed by atoms with Crippen LogP contribution in [-0.2, 0) is 4.79 Å². The summed E-state index contributed by atoms with van der Waals surface area (Å²) in [6, 6.07) is 1.18. The average molecular weight is 306 g/mol. The smallest absolute Gasteiger partial charge is 0.328 e. The molecule has 0 aliphatic carbocycles. The fourth-order valence-electron chi connectivity index (χ4n) is 1.22. The van der Waals surface area contributed by atoms with Gasteiger partial charge < -0.3 is 10.4 Å². The van der Waals surface area contributed by atoms with Crippen molar-refractivity contribution in [3.05, 3.63) is 35.7 Å². The number of alkyl halides is 4. The van der Waals surface area contributed by atoms with Crippen LogP contribution >= 0.6 is 0 Å². The summed E-state index contributed by atoms with van der Waals surface area (Å²) in [5, 5.41) is 10.1. The second-order valence-corrected chi connectivity index (χ2v) is 3.92. The minimum atomic E-state index is -4.33. The molecule has 0 radical (unpaired) electrons. The number of carbonyl (C=O) groups excluding carboxylic acids is 1. The van der Waals surface area contributed by atoms with Crippen molar-refractivity contribution in [1.82, 2.24) is 10.3 Å². The molecule has 0 atom stereocenters. The first-order valence-electron chi connectivity index (χ1n) is 5.52. The van der Waals surface area contributed by atoms with E-state index < -0.39 is 30.8 Å². The molecule has 5 nitrogen and oxygen atoms in total. The minimum absolute atomic E-state index is 0.160. The van der Waals surface area contributed by atoms with Crippen LogP contribution in [0.3, 0.4) is 0 Å². The van der Waals surface area contributed by atoms with Crippen molar-refractivity contribution in [2.24, 2.45) is 0 Å². The van der Waals surface area contributed by atoms with Crippen LogP contribution in [-0.4, -0.2) is 40.9 Å². The average Bonchev–Trinajstić information content (AvgIpc) is 2.42. The monoisotopic (exact) mass is 306 g/mol. The molecule has 0 aromatic carbocycles. The number of amides is 1. The Labute approximate surface area is 116 Å². The topological polar surface area (TPSA) is 79.3 Å². The Morgan fingerprint density at radius 2 is 2.05 bits per heavy atom. The lowest BCUT2D eigenvalue weighted by atomic mass is 10.2. The molecular formula is C12H10F4N2O3. The van der Waals surface area contributed by atoms with Crippen LogP contribution in [0, 0.1) is 0 Å². The number of rotatable bonds is 6. The van der Waals surface area contributed by atoms with Crippen molar-refractivity contribution in [1.29, 1.82) is 0 Å². The zero-order valence-corrected chi connectivity index (χ0v) is 10.4. The van der Waals surface area contributed by atoms with Gasteiger partial charge in [-0.3, -0.25) is 9.78 Å². The summed E-state index contributed by atoms with van der Waals surface area (Å²) in [6.45, 7) is -1.52. The third kappa shape index (κ3) is 5.21. The van der Waals surface area contributed by atoms with Crippen molar-refractivity contribution in [2.45, 2.75) is 12.3 Å². The van der Waals surface area contributed by atoms with Crippen molar-refractivity contribution < 1.29 is 32.3 Å². The molecule has 0 fully saturated rings. The Bertz CT molecular complexity index is 561. The van der Waals surface area contributed by atoms with E-state index in [1.54, 1.807) is 5.32 Å². The van der Waals surface area contributed by atoms with Gasteiger partial charge >= 0.3 is 18.3 Å². The number of hydrogen-bond donors (Lipinski definition) is 2. The standard InChI is InChI=1S/C12H10F4N2O3/c13-11(14)12(15,16)6-18-10(21)8-3-7(4-17-5-8)1-2-9(19)20/h1-5,11H,6H2,(H,18,21)(H,19,20)/b2-1+. The summed E-state index contributed by atoms with van der Waals surface area (Å²) < 4.78 is 49.2. The van der Waals surface area contributed by atoms with E-state index in [1.165, 1.54) is 12.3 Å². The number of nitrogens with zero attached hydrogens (tertiary/aromatic N) is 1. The summed E-state index contributed by atoms with van der Waals surface area (Å²) in [6.07, 6.45) is 0.322. The lowest BCUT2D eigenvalue weighted by Gasteiger charge is -2.15. The second kappa shape index (κ2) is 6.82. The fraction of sp³-hybridized carbons (Fsp3) is 0.250. The van der Waals surface area contributed by atoms with Crippen LogP contribution in [0.5, 0.6) is 0 Å². The first kappa shape index (κ1) is 16.6. The zero-order chi connectivity index (χ0) is 16.0. The minimum Gasteiger partial charge on any atom is -0.478 e. The number of carboxylic acid groups (broad SMARTS) is 1. The van der Waals surface area contributed by atoms with E-state index in [9.17, 15) is 27.2 Å². The Hall–Kier alpha value is -2.45. The summed E-state index contributed by atoms with van der Waals surface area (Å²) in [5.41, 5.74) is 0.0817. The summed E-state index contributed by atoms with van der Waals surface area (Å²) in [7, 11) is 0. The molecule has 0 aliphatic heterocycles. The third-order valence-corrected chi connectivity index (χ3v) is 2.24. The molecule has 21 heavy (non-hydrogen) atoms. The molecule has 114 valence electrons. The number of pyridine rings is 1. The highest BCUT2D eigenvalue weighted by molar-refractivity contribution is 5.94. The van der Waals surface area contributed by atoms with Gasteiger partial charge in [-0.2, -0.15) is 8.78 Å². The number of carbonyl (C=O) groups is 2. The van der Waals surface area contributed by atoms with E-state index in [4.69, 9.17) is 5.11 Å². The largest absolute Gasteiger partial charge is 0.478 e. The highest BCUT2D eigenvalue weighted by Crippen LogP contribution is 2.21. The summed E-state index contributed by atoms with van der Waals surface area (Å²) in [4.78, 5) is 25.5. The molecular weight excluding hydrogens is 296 g/mol. The number of hydrogen-bond acceptors (Lipinski definition) is 3. The van der Waals surface area contributed by atoms with Gasteiger partial charge in [0, 0.05) is 18.5 Å². The molecule has 0 aliphatic rings. The van der Waals surface area contributed by atoms with Crippen molar-refractivity contribution >= 4 is 18.0 Å². The predicted molar refractivity (Wildman–Crippen MR) is 64.2 cm³/mol. The van der Waals surface area contributed by atoms with Crippen LogP contribution in [0.4, 0.5) is 17.6 Å². The van der Waals surface area contributed by atoms with E-state index in [2.05, 4.69) is 4.98 Å². The lowest BCUT2D eigenvalue weighted by Crippen LogP contribution is -2.41. The third-order valence-electron chi connectivity index (χ3n) is 2.24. The first-order chi connectivity index (χ1) is 9.72. The van der Waals surface area contributed by atoms with Crippen LogP contribution in [0.2, 0.25) is 0 Å².